The summed E-state index contributed by atoms with van der Waals surface area (Å²) in [6, 6.07) is 16.7. The SMILES string of the molecule is COc1cccc(-c2cc3c(N4CCN(c5ncc(Cc6ccc(F)cc6)cn5)CC4)ncnn3c2)c1. The zero-order valence-corrected chi connectivity index (χ0v) is 20.5. The van der Waals surface area contributed by atoms with Crippen molar-refractivity contribution in [1.82, 2.24) is 24.6 Å². The van der Waals surface area contributed by atoms with Crippen molar-refractivity contribution in [2.75, 3.05) is 43.1 Å². The van der Waals surface area contributed by atoms with Crippen molar-refractivity contribution in [3.8, 4) is 16.9 Å². The fourth-order valence-electron chi connectivity index (χ4n) is 4.68. The van der Waals surface area contributed by atoms with Gasteiger partial charge in [-0.25, -0.2) is 23.9 Å². The summed E-state index contributed by atoms with van der Waals surface area (Å²) in [5, 5.41) is 4.43. The van der Waals surface area contributed by atoms with Gasteiger partial charge in [-0.15, -0.1) is 0 Å². The predicted octanol–water partition coefficient (Wildman–Crippen LogP) is 4.25. The quantitative estimate of drug-likeness (QED) is 0.349. The fraction of sp³-hybridized carbons (Fsp3) is 0.214. The van der Waals surface area contributed by atoms with Crippen LogP contribution in [0.25, 0.3) is 16.6 Å². The van der Waals surface area contributed by atoms with E-state index in [1.807, 2.05) is 41.3 Å². The van der Waals surface area contributed by atoms with E-state index in [0.29, 0.717) is 6.42 Å². The minimum absolute atomic E-state index is 0.230. The van der Waals surface area contributed by atoms with Gasteiger partial charge >= 0.3 is 0 Å². The van der Waals surface area contributed by atoms with Gasteiger partial charge in [0.05, 0.1) is 7.11 Å². The van der Waals surface area contributed by atoms with Crippen LogP contribution in [0.3, 0.4) is 0 Å². The molecule has 0 N–H and O–H groups in total. The summed E-state index contributed by atoms with van der Waals surface area (Å²) in [5.41, 5.74) is 5.13. The normalized spacial score (nSPS) is 13.8. The molecule has 186 valence electrons. The molecule has 5 aromatic rings. The number of nitrogens with zero attached hydrogens (tertiary/aromatic N) is 7. The zero-order valence-electron chi connectivity index (χ0n) is 20.5. The van der Waals surface area contributed by atoms with Crippen LogP contribution in [0.1, 0.15) is 11.1 Å². The average molecular weight is 496 g/mol. The molecule has 0 saturated carbocycles. The molecular formula is C28H26FN7O. The molecular weight excluding hydrogens is 469 g/mol. The lowest BCUT2D eigenvalue weighted by Crippen LogP contribution is -2.47. The maximum Gasteiger partial charge on any atom is 0.225 e. The van der Waals surface area contributed by atoms with E-state index in [1.54, 1.807) is 25.6 Å². The van der Waals surface area contributed by atoms with Crippen LogP contribution in [0.15, 0.2) is 79.5 Å². The first-order chi connectivity index (χ1) is 18.2. The second-order valence-corrected chi connectivity index (χ2v) is 9.04. The van der Waals surface area contributed by atoms with E-state index < -0.39 is 0 Å². The van der Waals surface area contributed by atoms with E-state index in [9.17, 15) is 4.39 Å². The highest BCUT2D eigenvalue weighted by Crippen LogP contribution is 2.29. The molecule has 1 fully saturated rings. The minimum Gasteiger partial charge on any atom is -0.497 e. The smallest absolute Gasteiger partial charge is 0.225 e. The number of halogens is 1. The number of aromatic nitrogens is 5. The lowest BCUT2D eigenvalue weighted by atomic mass is 10.1. The second kappa shape index (κ2) is 9.85. The van der Waals surface area contributed by atoms with E-state index in [-0.39, 0.29) is 5.82 Å². The first-order valence-electron chi connectivity index (χ1n) is 12.2. The van der Waals surface area contributed by atoms with Gasteiger partial charge in [-0.1, -0.05) is 24.3 Å². The number of methoxy groups -OCH3 is 1. The Kier molecular flexibility index (Phi) is 6.10. The average Bonchev–Trinajstić information content (AvgIpc) is 3.40. The number of benzene rings is 2. The molecule has 2 aromatic carbocycles. The molecule has 0 bridgehead atoms. The number of hydrogen-bond acceptors (Lipinski definition) is 7. The van der Waals surface area contributed by atoms with Crippen LogP contribution in [0.4, 0.5) is 16.2 Å². The van der Waals surface area contributed by atoms with Crippen molar-refractivity contribution in [3.63, 3.8) is 0 Å². The van der Waals surface area contributed by atoms with Crippen LogP contribution in [-0.4, -0.2) is 57.9 Å². The maximum atomic E-state index is 13.1. The van der Waals surface area contributed by atoms with E-state index >= 15 is 0 Å². The van der Waals surface area contributed by atoms with Gasteiger partial charge in [0.2, 0.25) is 5.95 Å². The second-order valence-electron chi connectivity index (χ2n) is 9.04. The van der Waals surface area contributed by atoms with Gasteiger partial charge in [0, 0.05) is 56.8 Å². The van der Waals surface area contributed by atoms with Crippen LogP contribution >= 0.6 is 0 Å². The van der Waals surface area contributed by atoms with Gasteiger partial charge in [-0.3, -0.25) is 0 Å². The van der Waals surface area contributed by atoms with Crippen LogP contribution < -0.4 is 14.5 Å². The molecule has 1 aliphatic heterocycles. The lowest BCUT2D eigenvalue weighted by Gasteiger charge is -2.35. The number of ether oxygens (including phenoxy) is 1. The third kappa shape index (κ3) is 4.80. The van der Waals surface area contributed by atoms with Gasteiger partial charge in [-0.2, -0.15) is 5.10 Å². The van der Waals surface area contributed by atoms with Crippen LogP contribution in [0.2, 0.25) is 0 Å². The van der Waals surface area contributed by atoms with E-state index in [2.05, 4.69) is 42.0 Å². The zero-order chi connectivity index (χ0) is 25.2. The molecule has 0 unspecified atom stereocenters. The number of hydrogen-bond donors (Lipinski definition) is 0. The van der Waals surface area contributed by atoms with Gasteiger partial charge < -0.3 is 14.5 Å². The highest BCUT2D eigenvalue weighted by molar-refractivity contribution is 5.78. The van der Waals surface area contributed by atoms with Crippen LogP contribution in [0, 0.1) is 5.82 Å². The summed E-state index contributed by atoms with van der Waals surface area (Å²) in [5.74, 6) is 2.23. The van der Waals surface area contributed by atoms with Gasteiger partial charge in [0.1, 0.15) is 23.4 Å². The molecule has 1 saturated heterocycles. The molecule has 1 aliphatic rings. The number of anilines is 2. The summed E-state index contributed by atoms with van der Waals surface area (Å²) >= 11 is 0. The van der Waals surface area contributed by atoms with Crippen molar-refractivity contribution in [1.29, 1.82) is 0 Å². The fourth-order valence-corrected chi connectivity index (χ4v) is 4.68. The predicted molar refractivity (Wildman–Crippen MR) is 141 cm³/mol. The Morgan fingerprint density at radius 3 is 2.35 bits per heavy atom. The highest BCUT2D eigenvalue weighted by Gasteiger charge is 2.22. The topological polar surface area (TPSA) is 71.7 Å². The van der Waals surface area contributed by atoms with E-state index in [0.717, 1.165) is 71.5 Å². The highest BCUT2D eigenvalue weighted by atomic mass is 19.1. The van der Waals surface area contributed by atoms with Gasteiger partial charge in [-0.05, 0) is 47.0 Å². The number of rotatable bonds is 6. The molecule has 6 rings (SSSR count). The summed E-state index contributed by atoms with van der Waals surface area (Å²) in [6.07, 6.45) is 8.01. The number of fused-ring (bicyclic) bond motifs is 1. The van der Waals surface area contributed by atoms with Crippen molar-refractivity contribution in [3.05, 3.63) is 96.5 Å². The summed E-state index contributed by atoms with van der Waals surface area (Å²) < 4.78 is 20.4. The molecule has 8 nitrogen and oxygen atoms in total. The first kappa shape index (κ1) is 22.9. The van der Waals surface area contributed by atoms with Crippen LogP contribution in [0.5, 0.6) is 5.75 Å². The molecule has 37 heavy (non-hydrogen) atoms. The molecule has 0 amide bonds. The van der Waals surface area contributed by atoms with E-state index in [1.165, 1.54) is 12.1 Å². The summed E-state index contributed by atoms with van der Waals surface area (Å²) in [4.78, 5) is 18.3. The Morgan fingerprint density at radius 2 is 1.59 bits per heavy atom. The summed E-state index contributed by atoms with van der Waals surface area (Å²) in [7, 11) is 1.67. The Labute approximate surface area is 214 Å². The van der Waals surface area contributed by atoms with Crippen molar-refractivity contribution in [2.24, 2.45) is 0 Å². The maximum absolute atomic E-state index is 13.1. The largest absolute Gasteiger partial charge is 0.497 e. The molecule has 9 heteroatoms. The molecule has 3 aromatic heterocycles. The van der Waals surface area contributed by atoms with Gasteiger partial charge in [0.25, 0.3) is 0 Å². The Hall–Kier alpha value is -4.53. The molecule has 4 heterocycles. The summed E-state index contributed by atoms with van der Waals surface area (Å²) in [6.45, 7) is 3.17. The molecule has 0 radical (unpaired) electrons. The molecule has 0 atom stereocenters. The van der Waals surface area contributed by atoms with Crippen molar-refractivity contribution < 1.29 is 9.13 Å². The minimum atomic E-state index is -0.230. The number of piperazine rings is 1. The first-order valence-corrected chi connectivity index (χ1v) is 12.2. The van der Waals surface area contributed by atoms with Crippen molar-refractivity contribution in [2.45, 2.75) is 6.42 Å². The third-order valence-corrected chi connectivity index (χ3v) is 6.66. The lowest BCUT2D eigenvalue weighted by molar-refractivity contribution is 0.415. The molecule has 0 spiro atoms. The standard InChI is InChI=1S/C28H26FN7O/c1-37-25-4-2-3-22(14-25)23-15-26-27(32-19-33-36(26)18-23)34-9-11-35(12-10-34)28-30-16-21(17-31-28)13-20-5-7-24(29)8-6-20/h2-8,14-19H,9-13H2,1H3. The Balaban J connectivity index is 1.14. The Bertz CT molecular complexity index is 1510. The third-order valence-electron chi connectivity index (χ3n) is 6.66. The van der Waals surface area contributed by atoms with Gasteiger partial charge in [0.15, 0.2) is 5.82 Å². The van der Waals surface area contributed by atoms with Crippen LogP contribution in [-0.2, 0) is 6.42 Å². The van der Waals surface area contributed by atoms with E-state index in [4.69, 9.17) is 4.74 Å². The monoisotopic (exact) mass is 495 g/mol. The molecule has 0 aliphatic carbocycles. The van der Waals surface area contributed by atoms with Crippen molar-refractivity contribution >= 4 is 17.3 Å². The Morgan fingerprint density at radius 1 is 0.838 bits per heavy atom.